The second kappa shape index (κ2) is 5.07. The van der Waals surface area contributed by atoms with Gasteiger partial charge in [0, 0.05) is 19.5 Å². The van der Waals surface area contributed by atoms with Crippen molar-refractivity contribution in [3.8, 4) is 0 Å². The normalized spacial score (nSPS) is 22.4. The van der Waals surface area contributed by atoms with Crippen LogP contribution in [-0.2, 0) is 9.59 Å². The van der Waals surface area contributed by atoms with Gasteiger partial charge in [0.15, 0.2) is 0 Å². The van der Waals surface area contributed by atoms with Crippen molar-refractivity contribution in [2.24, 2.45) is 5.41 Å². The third kappa shape index (κ3) is 3.45. The molecule has 2 atom stereocenters. The minimum Gasteiger partial charge on any atom is -0.344 e. The topological polar surface area (TPSA) is 49.4 Å². The first-order valence-corrected chi connectivity index (χ1v) is 6.31. The number of hydrogen-bond acceptors (Lipinski definition) is 2. The Morgan fingerprint density at radius 2 is 1.94 bits per heavy atom. The van der Waals surface area contributed by atoms with E-state index < -0.39 is 6.04 Å². The molecule has 0 aromatic carbocycles. The van der Waals surface area contributed by atoms with E-state index >= 15 is 0 Å². The Labute approximate surface area is 104 Å². The average molecular weight is 240 g/mol. The zero-order chi connectivity index (χ0) is 13.2. The molecular formula is C13H24N2O2. The zero-order valence-corrected chi connectivity index (χ0v) is 11.5. The van der Waals surface area contributed by atoms with Crippen LogP contribution in [0.5, 0.6) is 0 Å². The average Bonchev–Trinajstić information content (AvgIpc) is 2.58. The lowest BCUT2D eigenvalue weighted by molar-refractivity contribution is -0.139. The standard InChI is InChI=1S/C13H24N2O2/c1-9-7-6-8-15(9)12(17)11(13(3,4)5)14-10(2)16/h9,11H,6-8H2,1-5H3,(H,14,16)/t9-,11-/m1/s1. The molecule has 0 aromatic heterocycles. The predicted molar refractivity (Wildman–Crippen MR) is 67.5 cm³/mol. The number of rotatable bonds is 2. The SMILES string of the molecule is CC(=O)N[C@H](C(=O)N1CCC[C@H]1C)C(C)(C)C. The highest BCUT2D eigenvalue weighted by Crippen LogP contribution is 2.25. The lowest BCUT2D eigenvalue weighted by Gasteiger charge is -2.34. The fourth-order valence-electron chi connectivity index (χ4n) is 2.28. The summed E-state index contributed by atoms with van der Waals surface area (Å²) >= 11 is 0. The molecule has 0 unspecified atom stereocenters. The summed E-state index contributed by atoms with van der Waals surface area (Å²) in [4.78, 5) is 25.6. The van der Waals surface area contributed by atoms with Gasteiger partial charge in [-0.15, -0.1) is 0 Å². The molecule has 1 heterocycles. The molecule has 2 amide bonds. The van der Waals surface area contributed by atoms with E-state index in [1.54, 1.807) is 0 Å². The van der Waals surface area contributed by atoms with Crippen molar-refractivity contribution < 1.29 is 9.59 Å². The lowest BCUT2D eigenvalue weighted by Crippen LogP contribution is -2.54. The van der Waals surface area contributed by atoms with Crippen molar-refractivity contribution in [2.45, 2.75) is 59.5 Å². The Hall–Kier alpha value is -1.06. The Balaban J connectivity index is 2.83. The maximum Gasteiger partial charge on any atom is 0.245 e. The van der Waals surface area contributed by atoms with E-state index in [4.69, 9.17) is 0 Å². The van der Waals surface area contributed by atoms with Gasteiger partial charge in [0.2, 0.25) is 11.8 Å². The molecule has 4 heteroatoms. The van der Waals surface area contributed by atoms with E-state index in [2.05, 4.69) is 12.2 Å². The third-order valence-electron chi connectivity index (χ3n) is 3.30. The van der Waals surface area contributed by atoms with Crippen LogP contribution in [0.4, 0.5) is 0 Å². The number of amides is 2. The number of carbonyl (C=O) groups excluding carboxylic acids is 2. The highest BCUT2D eigenvalue weighted by atomic mass is 16.2. The van der Waals surface area contributed by atoms with Crippen molar-refractivity contribution in [2.75, 3.05) is 6.54 Å². The monoisotopic (exact) mass is 240 g/mol. The highest BCUT2D eigenvalue weighted by molar-refractivity contribution is 5.87. The summed E-state index contributed by atoms with van der Waals surface area (Å²) in [6, 6.07) is -0.137. The minimum absolute atomic E-state index is 0.0534. The summed E-state index contributed by atoms with van der Waals surface area (Å²) in [6.07, 6.45) is 2.12. The molecule has 1 rings (SSSR count). The van der Waals surface area contributed by atoms with Gasteiger partial charge in [0.1, 0.15) is 6.04 Å². The van der Waals surface area contributed by atoms with Gasteiger partial charge in [-0.1, -0.05) is 20.8 Å². The summed E-state index contributed by atoms with van der Waals surface area (Å²) in [5.74, 6) is -0.0946. The molecule has 0 radical (unpaired) electrons. The fraction of sp³-hybridized carbons (Fsp3) is 0.846. The number of nitrogens with zero attached hydrogens (tertiary/aromatic N) is 1. The summed E-state index contributed by atoms with van der Waals surface area (Å²) < 4.78 is 0. The Morgan fingerprint density at radius 3 is 2.29 bits per heavy atom. The largest absolute Gasteiger partial charge is 0.344 e. The molecule has 0 saturated carbocycles. The smallest absolute Gasteiger partial charge is 0.245 e. The zero-order valence-electron chi connectivity index (χ0n) is 11.5. The van der Waals surface area contributed by atoms with E-state index in [9.17, 15) is 9.59 Å². The summed E-state index contributed by atoms with van der Waals surface area (Å²) in [7, 11) is 0. The van der Waals surface area contributed by atoms with Crippen LogP contribution in [0.1, 0.15) is 47.5 Å². The molecule has 1 aliphatic heterocycles. The Kier molecular flexibility index (Phi) is 4.17. The fourth-order valence-corrected chi connectivity index (χ4v) is 2.28. The predicted octanol–water partition coefficient (Wildman–Crippen LogP) is 1.55. The molecule has 17 heavy (non-hydrogen) atoms. The molecule has 1 saturated heterocycles. The first-order chi connectivity index (χ1) is 7.73. The van der Waals surface area contributed by atoms with Gasteiger partial charge in [-0.25, -0.2) is 0 Å². The van der Waals surface area contributed by atoms with Crippen LogP contribution in [0.25, 0.3) is 0 Å². The van der Waals surface area contributed by atoms with Gasteiger partial charge in [0.25, 0.3) is 0 Å². The van der Waals surface area contributed by atoms with E-state index in [1.807, 2.05) is 25.7 Å². The van der Waals surface area contributed by atoms with E-state index in [0.717, 1.165) is 19.4 Å². The van der Waals surface area contributed by atoms with Crippen LogP contribution in [0.3, 0.4) is 0 Å². The van der Waals surface area contributed by atoms with Crippen LogP contribution in [0.2, 0.25) is 0 Å². The van der Waals surface area contributed by atoms with Crippen LogP contribution in [-0.4, -0.2) is 35.3 Å². The van der Waals surface area contributed by atoms with Gasteiger partial charge in [-0.2, -0.15) is 0 Å². The van der Waals surface area contributed by atoms with Gasteiger partial charge < -0.3 is 10.2 Å². The van der Waals surface area contributed by atoms with E-state index in [0.29, 0.717) is 6.04 Å². The summed E-state index contributed by atoms with van der Waals surface area (Å²) in [6.45, 7) is 10.3. The molecule has 98 valence electrons. The van der Waals surface area contributed by atoms with Crippen LogP contribution >= 0.6 is 0 Å². The first-order valence-electron chi connectivity index (χ1n) is 6.31. The second-order valence-corrected chi connectivity index (χ2v) is 6.02. The van der Waals surface area contributed by atoms with Crippen LogP contribution in [0.15, 0.2) is 0 Å². The second-order valence-electron chi connectivity index (χ2n) is 6.02. The number of nitrogens with one attached hydrogen (secondary N) is 1. The Bertz CT molecular complexity index is 307. The minimum atomic E-state index is -0.430. The maximum absolute atomic E-state index is 12.4. The van der Waals surface area contributed by atoms with Crippen LogP contribution in [0, 0.1) is 5.41 Å². The quantitative estimate of drug-likeness (QED) is 0.796. The number of carbonyl (C=O) groups is 2. The number of likely N-dealkylation sites (tertiary alicyclic amines) is 1. The summed E-state index contributed by atoms with van der Waals surface area (Å²) in [5, 5.41) is 2.79. The molecule has 0 aromatic rings. The molecular weight excluding hydrogens is 216 g/mol. The first kappa shape index (κ1) is 14.0. The highest BCUT2D eigenvalue weighted by Gasteiger charge is 2.37. The van der Waals surface area contributed by atoms with Gasteiger partial charge in [-0.3, -0.25) is 9.59 Å². The van der Waals surface area contributed by atoms with Crippen molar-refractivity contribution in [1.82, 2.24) is 10.2 Å². The van der Waals surface area contributed by atoms with Crippen molar-refractivity contribution in [1.29, 1.82) is 0 Å². The van der Waals surface area contributed by atoms with Crippen molar-refractivity contribution in [3.05, 3.63) is 0 Å². The third-order valence-corrected chi connectivity index (χ3v) is 3.30. The van der Waals surface area contributed by atoms with Gasteiger partial charge in [0.05, 0.1) is 0 Å². The summed E-state index contributed by atoms with van der Waals surface area (Å²) in [5.41, 5.74) is -0.259. The molecule has 0 bridgehead atoms. The lowest BCUT2D eigenvalue weighted by atomic mass is 9.85. The van der Waals surface area contributed by atoms with E-state index in [-0.39, 0.29) is 17.2 Å². The molecule has 1 aliphatic rings. The molecule has 0 aliphatic carbocycles. The maximum atomic E-state index is 12.4. The van der Waals surface area contributed by atoms with Gasteiger partial charge >= 0.3 is 0 Å². The molecule has 0 spiro atoms. The Morgan fingerprint density at radius 1 is 1.35 bits per heavy atom. The van der Waals surface area contributed by atoms with Crippen LogP contribution < -0.4 is 5.32 Å². The molecule has 1 fully saturated rings. The molecule has 4 nitrogen and oxygen atoms in total. The number of hydrogen-bond donors (Lipinski definition) is 1. The molecule has 1 N–H and O–H groups in total. The van der Waals surface area contributed by atoms with Crippen molar-refractivity contribution in [3.63, 3.8) is 0 Å². The van der Waals surface area contributed by atoms with Gasteiger partial charge in [-0.05, 0) is 25.2 Å². The van der Waals surface area contributed by atoms with Crippen molar-refractivity contribution >= 4 is 11.8 Å². The van der Waals surface area contributed by atoms with E-state index in [1.165, 1.54) is 6.92 Å².